The van der Waals surface area contributed by atoms with Gasteiger partial charge < -0.3 is 20.1 Å². The second-order valence-electron chi connectivity index (χ2n) is 6.44. The largest absolute Gasteiger partial charge is 0.490 e. The summed E-state index contributed by atoms with van der Waals surface area (Å²) in [6.07, 6.45) is 4.92. The van der Waals surface area contributed by atoms with Crippen LogP contribution in [-0.2, 0) is 6.61 Å². The number of para-hydroxylation sites is 1. The Morgan fingerprint density at radius 2 is 1.64 bits per heavy atom. The van der Waals surface area contributed by atoms with E-state index >= 15 is 0 Å². The molecule has 4 nitrogen and oxygen atoms in total. The molecule has 0 amide bonds. The Morgan fingerprint density at radius 1 is 0.960 bits per heavy atom. The van der Waals surface area contributed by atoms with Crippen LogP contribution in [0.2, 0.25) is 0 Å². The molecule has 4 heteroatoms. The number of anilines is 1. The fourth-order valence-electron chi connectivity index (χ4n) is 3.15. The lowest BCUT2D eigenvalue weighted by Crippen LogP contribution is -2.26. The summed E-state index contributed by atoms with van der Waals surface area (Å²) in [5.74, 6) is 1.79. The molecule has 0 bridgehead atoms. The van der Waals surface area contributed by atoms with Gasteiger partial charge in [-0.05, 0) is 69.1 Å². The van der Waals surface area contributed by atoms with Crippen molar-refractivity contribution < 1.29 is 9.47 Å². The van der Waals surface area contributed by atoms with Gasteiger partial charge in [0.25, 0.3) is 0 Å². The normalized spacial score (nSPS) is 15.9. The molecule has 0 aliphatic carbocycles. The van der Waals surface area contributed by atoms with Crippen molar-refractivity contribution in [3.05, 3.63) is 54.1 Å². The van der Waals surface area contributed by atoms with Crippen LogP contribution in [0.1, 0.15) is 31.2 Å². The summed E-state index contributed by atoms with van der Waals surface area (Å²) in [6, 6.07) is 16.2. The molecule has 2 aromatic rings. The maximum Gasteiger partial charge on any atom is 0.120 e. The molecule has 0 radical (unpaired) electrons. The van der Waals surface area contributed by atoms with Gasteiger partial charge in [0.2, 0.25) is 0 Å². The van der Waals surface area contributed by atoms with Crippen LogP contribution in [0.4, 0.5) is 5.69 Å². The van der Waals surface area contributed by atoms with Crippen LogP contribution >= 0.6 is 0 Å². The second-order valence-corrected chi connectivity index (χ2v) is 6.44. The fourth-order valence-corrected chi connectivity index (χ4v) is 3.15. The van der Waals surface area contributed by atoms with Gasteiger partial charge in [0.15, 0.2) is 0 Å². The molecular weight excluding hydrogens is 312 g/mol. The van der Waals surface area contributed by atoms with E-state index in [-0.39, 0.29) is 0 Å². The van der Waals surface area contributed by atoms with Crippen molar-refractivity contribution in [2.45, 2.75) is 38.4 Å². The number of benzene rings is 2. The molecule has 25 heavy (non-hydrogen) atoms. The quantitative estimate of drug-likeness (QED) is 0.826. The van der Waals surface area contributed by atoms with Gasteiger partial charge in [-0.3, -0.25) is 0 Å². The average molecular weight is 340 g/mol. The third-order valence-electron chi connectivity index (χ3n) is 4.57. The van der Waals surface area contributed by atoms with E-state index in [1.54, 1.807) is 0 Å². The molecule has 1 heterocycles. The molecule has 0 atom stereocenters. The minimum atomic E-state index is 0.330. The summed E-state index contributed by atoms with van der Waals surface area (Å²) in [4.78, 5) is 0. The minimum absolute atomic E-state index is 0.330. The average Bonchev–Trinajstić information content (AvgIpc) is 2.63. The Balaban J connectivity index is 1.53. The van der Waals surface area contributed by atoms with Crippen LogP contribution in [0.25, 0.3) is 0 Å². The van der Waals surface area contributed by atoms with Gasteiger partial charge in [0.1, 0.15) is 18.1 Å². The molecule has 1 aliphatic rings. The highest BCUT2D eigenvalue weighted by molar-refractivity contribution is 5.50. The van der Waals surface area contributed by atoms with Crippen molar-refractivity contribution in [3.63, 3.8) is 0 Å². The zero-order chi connectivity index (χ0) is 17.3. The molecule has 2 N–H and O–H groups in total. The lowest BCUT2D eigenvalue weighted by molar-refractivity contribution is 0.169. The minimum Gasteiger partial charge on any atom is -0.490 e. The first-order chi connectivity index (χ1) is 12.3. The molecule has 0 aromatic heterocycles. The molecule has 1 aliphatic heterocycles. The van der Waals surface area contributed by atoms with Crippen molar-refractivity contribution in [2.75, 3.05) is 25.5 Å². The van der Waals surface area contributed by atoms with Crippen LogP contribution in [0.3, 0.4) is 0 Å². The molecule has 134 valence electrons. The van der Waals surface area contributed by atoms with Crippen molar-refractivity contribution >= 4 is 5.69 Å². The first-order valence-electron chi connectivity index (χ1n) is 9.21. The molecule has 0 saturated carbocycles. The van der Waals surface area contributed by atoms with Crippen molar-refractivity contribution in [1.82, 2.24) is 5.32 Å². The third-order valence-corrected chi connectivity index (χ3v) is 4.57. The van der Waals surface area contributed by atoms with Crippen molar-refractivity contribution in [2.24, 2.45) is 0 Å². The molecule has 0 unspecified atom stereocenters. The zero-order valence-electron chi connectivity index (χ0n) is 15.0. The van der Waals surface area contributed by atoms with E-state index in [4.69, 9.17) is 9.47 Å². The smallest absolute Gasteiger partial charge is 0.120 e. The monoisotopic (exact) mass is 340 g/mol. The lowest BCUT2D eigenvalue weighted by atomic mass is 10.1. The molecule has 0 spiro atoms. The van der Waals surface area contributed by atoms with Crippen LogP contribution < -0.4 is 20.1 Å². The highest BCUT2D eigenvalue weighted by Gasteiger charge is 2.12. The number of hydrogen-bond acceptors (Lipinski definition) is 4. The maximum atomic E-state index is 6.15. The van der Waals surface area contributed by atoms with E-state index in [9.17, 15) is 0 Å². The highest BCUT2D eigenvalue weighted by Crippen LogP contribution is 2.23. The summed E-state index contributed by atoms with van der Waals surface area (Å²) in [7, 11) is 1.93. The van der Waals surface area contributed by atoms with Gasteiger partial charge in [-0.25, -0.2) is 0 Å². The van der Waals surface area contributed by atoms with Gasteiger partial charge >= 0.3 is 0 Å². The molecule has 2 aromatic carbocycles. The van der Waals surface area contributed by atoms with E-state index in [1.165, 1.54) is 12.8 Å². The zero-order valence-corrected chi connectivity index (χ0v) is 15.0. The summed E-state index contributed by atoms with van der Waals surface area (Å²) in [5, 5.41) is 6.63. The van der Waals surface area contributed by atoms with Crippen LogP contribution in [-0.4, -0.2) is 26.2 Å². The van der Waals surface area contributed by atoms with Crippen LogP contribution in [0.5, 0.6) is 11.5 Å². The SMILES string of the molecule is CNc1ccccc1COc1ccc(OC2CCCNCCC2)cc1. The predicted octanol–water partition coefficient (Wildman–Crippen LogP) is 4.22. The van der Waals surface area contributed by atoms with E-state index in [1.807, 2.05) is 43.4 Å². The fraction of sp³-hybridized carbons (Fsp3) is 0.429. The Morgan fingerprint density at radius 3 is 2.36 bits per heavy atom. The predicted molar refractivity (Wildman–Crippen MR) is 103 cm³/mol. The summed E-state index contributed by atoms with van der Waals surface area (Å²) in [5.41, 5.74) is 2.25. The second kappa shape index (κ2) is 9.33. The van der Waals surface area contributed by atoms with E-state index < -0.39 is 0 Å². The van der Waals surface area contributed by atoms with Gasteiger partial charge in [0, 0.05) is 18.3 Å². The Bertz CT molecular complexity index is 635. The standard InChI is InChI=1S/C21H28N2O2/c1-22-21-9-3-2-6-17(21)16-24-18-10-12-20(13-11-18)25-19-7-4-14-23-15-5-8-19/h2-3,6,9-13,19,22-23H,4-5,7-8,14-16H2,1H3. The van der Waals surface area contributed by atoms with Crippen LogP contribution in [0.15, 0.2) is 48.5 Å². The van der Waals surface area contributed by atoms with E-state index in [2.05, 4.69) is 22.8 Å². The highest BCUT2D eigenvalue weighted by atomic mass is 16.5. The number of hydrogen-bond donors (Lipinski definition) is 2. The topological polar surface area (TPSA) is 42.5 Å². The summed E-state index contributed by atoms with van der Waals surface area (Å²) >= 11 is 0. The first-order valence-corrected chi connectivity index (χ1v) is 9.21. The van der Waals surface area contributed by atoms with Crippen molar-refractivity contribution in [1.29, 1.82) is 0 Å². The van der Waals surface area contributed by atoms with Gasteiger partial charge in [0.05, 0.1) is 6.10 Å². The summed E-state index contributed by atoms with van der Waals surface area (Å²) in [6.45, 7) is 2.74. The summed E-state index contributed by atoms with van der Waals surface area (Å²) < 4.78 is 12.1. The molecule has 3 rings (SSSR count). The van der Waals surface area contributed by atoms with Gasteiger partial charge in [-0.15, -0.1) is 0 Å². The van der Waals surface area contributed by atoms with E-state index in [0.29, 0.717) is 12.7 Å². The Hall–Kier alpha value is -2.20. The van der Waals surface area contributed by atoms with Crippen molar-refractivity contribution in [3.8, 4) is 11.5 Å². The number of rotatable bonds is 6. The molecule has 1 saturated heterocycles. The van der Waals surface area contributed by atoms with Gasteiger partial charge in [-0.2, -0.15) is 0 Å². The Kier molecular flexibility index (Phi) is 6.57. The molecular formula is C21H28N2O2. The van der Waals surface area contributed by atoms with Crippen LogP contribution in [0, 0.1) is 0 Å². The van der Waals surface area contributed by atoms with E-state index in [0.717, 1.165) is 48.7 Å². The Labute approximate surface area is 150 Å². The van der Waals surface area contributed by atoms with Gasteiger partial charge in [-0.1, -0.05) is 18.2 Å². The third kappa shape index (κ3) is 5.40. The number of nitrogens with one attached hydrogen (secondary N) is 2. The molecule has 1 fully saturated rings. The first kappa shape index (κ1) is 17.6. The lowest BCUT2D eigenvalue weighted by Gasteiger charge is -2.22. The number of ether oxygens (including phenoxy) is 2. The maximum absolute atomic E-state index is 6.15.